The van der Waals surface area contributed by atoms with Crippen LogP contribution in [0.2, 0.25) is 0 Å². The molecule has 7 heteroatoms. The van der Waals surface area contributed by atoms with E-state index in [-0.39, 0.29) is 5.91 Å². The van der Waals surface area contributed by atoms with Crippen LogP contribution in [0.15, 0.2) is 57.7 Å². The molecule has 0 aliphatic heterocycles. The van der Waals surface area contributed by atoms with Gasteiger partial charge in [-0.05, 0) is 43.3 Å². The summed E-state index contributed by atoms with van der Waals surface area (Å²) in [6.45, 7) is 1.99. The minimum absolute atomic E-state index is 0.0369. The number of hydrogen-bond acceptors (Lipinski definition) is 6. The first-order valence-electron chi connectivity index (χ1n) is 8.99. The number of benzene rings is 1. The summed E-state index contributed by atoms with van der Waals surface area (Å²) in [5.41, 5.74) is 2.80. The lowest BCUT2D eigenvalue weighted by Gasteiger charge is -2.13. The fraction of sp³-hybridized carbons (Fsp3) is 0.190. The predicted octanol–water partition coefficient (Wildman–Crippen LogP) is 5.51. The molecule has 1 amide bonds. The van der Waals surface area contributed by atoms with Crippen LogP contribution >= 0.6 is 22.7 Å². The zero-order valence-electron chi connectivity index (χ0n) is 15.1. The second kappa shape index (κ2) is 6.68. The number of nitrogens with one attached hydrogen (secondary N) is 1. The van der Waals surface area contributed by atoms with E-state index in [1.54, 1.807) is 22.7 Å². The van der Waals surface area contributed by atoms with E-state index in [2.05, 4.69) is 15.5 Å². The molecule has 1 N–H and O–H groups in total. The van der Waals surface area contributed by atoms with Crippen molar-refractivity contribution in [2.24, 2.45) is 0 Å². The first-order valence-corrected chi connectivity index (χ1v) is 10.8. The molecule has 0 bridgehead atoms. The molecule has 1 aliphatic rings. The lowest BCUT2D eigenvalue weighted by Crippen LogP contribution is -2.28. The van der Waals surface area contributed by atoms with Gasteiger partial charge in [-0.3, -0.25) is 4.79 Å². The van der Waals surface area contributed by atoms with Crippen molar-refractivity contribution in [1.82, 2.24) is 10.1 Å². The van der Waals surface area contributed by atoms with Crippen molar-refractivity contribution in [3.8, 4) is 21.9 Å². The van der Waals surface area contributed by atoms with Crippen LogP contribution in [-0.4, -0.2) is 16.0 Å². The summed E-state index contributed by atoms with van der Waals surface area (Å²) in [6, 6.07) is 13.6. The van der Waals surface area contributed by atoms with Crippen LogP contribution in [0.1, 0.15) is 23.5 Å². The van der Waals surface area contributed by atoms with E-state index < -0.39 is 5.41 Å². The average molecular weight is 408 g/mol. The van der Waals surface area contributed by atoms with Gasteiger partial charge in [-0.15, -0.1) is 22.7 Å². The lowest BCUT2D eigenvalue weighted by molar-refractivity contribution is -0.118. The molecule has 4 aromatic rings. The van der Waals surface area contributed by atoms with Crippen molar-refractivity contribution in [3.63, 3.8) is 0 Å². The maximum Gasteiger partial charge on any atom is 0.236 e. The van der Waals surface area contributed by atoms with Crippen molar-refractivity contribution in [3.05, 3.63) is 63.9 Å². The molecule has 0 spiro atoms. The third-order valence-electron chi connectivity index (χ3n) is 4.98. The van der Waals surface area contributed by atoms with E-state index in [1.807, 2.05) is 60.1 Å². The Morgan fingerprint density at radius 2 is 2.07 bits per heavy atom. The number of anilines is 1. The Morgan fingerprint density at radius 1 is 1.18 bits per heavy atom. The van der Waals surface area contributed by atoms with Gasteiger partial charge in [-0.25, -0.2) is 4.98 Å². The maximum absolute atomic E-state index is 13.0. The molecule has 3 heterocycles. The summed E-state index contributed by atoms with van der Waals surface area (Å²) in [4.78, 5) is 18.6. The van der Waals surface area contributed by atoms with Crippen LogP contribution in [0.3, 0.4) is 0 Å². The van der Waals surface area contributed by atoms with Gasteiger partial charge in [0.1, 0.15) is 0 Å². The number of rotatable bonds is 5. The van der Waals surface area contributed by atoms with Gasteiger partial charge < -0.3 is 9.84 Å². The predicted molar refractivity (Wildman–Crippen MR) is 112 cm³/mol. The average Bonchev–Trinajstić information content (AvgIpc) is 3.12. The lowest BCUT2D eigenvalue weighted by atomic mass is 10.0. The maximum atomic E-state index is 13.0. The van der Waals surface area contributed by atoms with E-state index in [9.17, 15) is 4.79 Å². The first-order chi connectivity index (χ1) is 13.6. The molecule has 5 rings (SSSR count). The molecule has 0 unspecified atom stereocenters. The van der Waals surface area contributed by atoms with Crippen LogP contribution in [0.5, 0.6) is 0 Å². The number of amides is 1. The molecule has 1 aliphatic carbocycles. The van der Waals surface area contributed by atoms with E-state index in [0.29, 0.717) is 11.5 Å². The summed E-state index contributed by atoms with van der Waals surface area (Å²) in [5.74, 6) is 0.676. The highest BCUT2D eigenvalue weighted by Gasteiger charge is 2.53. The second-order valence-electron chi connectivity index (χ2n) is 6.92. The van der Waals surface area contributed by atoms with E-state index in [1.165, 1.54) is 0 Å². The van der Waals surface area contributed by atoms with Gasteiger partial charge in [0.25, 0.3) is 0 Å². The summed E-state index contributed by atoms with van der Waals surface area (Å²) in [5, 5.41) is 12.3. The van der Waals surface area contributed by atoms with Crippen LogP contribution in [0.25, 0.3) is 21.9 Å². The zero-order chi connectivity index (χ0) is 19.1. The van der Waals surface area contributed by atoms with Gasteiger partial charge in [-0.2, -0.15) is 0 Å². The molecule has 1 fully saturated rings. The Balaban J connectivity index is 1.37. The molecule has 1 aromatic carbocycles. The number of aromatic nitrogens is 2. The molecule has 28 heavy (non-hydrogen) atoms. The third-order valence-corrected chi connectivity index (χ3v) is 6.64. The van der Waals surface area contributed by atoms with Gasteiger partial charge in [0, 0.05) is 22.7 Å². The summed E-state index contributed by atoms with van der Waals surface area (Å²) >= 11 is 3.21. The minimum Gasteiger partial charge on any atom is -0.355 e. The fourth-order valence-electron chi connectivity index (χ4n) is 3.26. The van der Waals surface area contributed by atoms with Crippen molar-refractivity contribution in [2.45, 2.75) is 25.2 Å². The van der Waals surface area contributed by atoms with Crippen LogP contribution in [-0.2, 0) is 10.2 Å². The van der Waals surface area contributed by atoms with E-state index in [4.69, 9.17) is 4.52 Å². The number of nitrogens with zero attached hydrogens (tertiary/aromatic N) is 2. The third kappa shape index (κ3) is 3.06. The summed E-state index contributed by atoms with van der Waals surface area (Å²) in [7, 11) is 0. The van der Waals surface area contributed by atoms with Crippen LogP contribution in [0, 0.1) is 6.92 Å². The Kier molecular flexibility index (Phi) is 4.14. The fourth-order valence-corrected chi connectivity index (χ4v) is 4.56. The van der Waals surface area contributed by atoms with E-state index in [0.717, 1.165) is 39.7 Å². The number of carbonyl (C=O) groups excluding carboxylic acids is 1. The monoisotopic (exact) mass is 407 g/mol. The molecule has 0 atom stereocenters. The van der Waals surface area contributed by atoms with Crippen LogP contribution in [0.4, 0.5) is 5.69 Å². The van der Waals surface area contributed by atoms with E-state index >= 15 is 0 Å². The first kappa shape index (κ1) is 17.3. The molecule has 0 radical (unpaired) electrons. The normalized spacial score (nSPS) is 14.8. The smallest absolute Gasteiger partial charge is 0.236 e. The molecule has 1 saturated carbocycles. The number of hydrogen-bond donors (Lipinski definition) is 1. The second-order valence-corrected chi connectivity index (χ2v) is 8.93. The molecule has 0 saturated heterocycles. The quantitative estimate of drug-likeness (QED) is 0.474. The molecular weight excluding hydrogens is 390 g/mol. The van der Waals surface area contributed by atoms with Crippen LogP contribution < -0.4 is 5.32 Å². The topological polar surface area (TPSA) is 68.0 Å². The summed E-state index contributed by atoms with van der Waals surface area (Å²) in [6.07, 6.45) is 1.56. The number of thiazole rings is 1. The highest BCUT2D eigenvalue weighted by atomic mass is 32.1. The Hall–Kier alpha value is -2.77. The summed E-state index contributed by atoms with van der Waals surface area (Å²) < 4.78 is 5.49. The number of aryl methyl sites for hydroxylation is 1. The number of thiophene rings is 1. The van der Waals surface area contributed by atoms with Crippen molar-refractivity contribution >= 4 is 34.3 Å². The highest BCUT2D eigenvalue weighted by molar-refractivity contribution is 7.13. The molecule has 140 valence electrons. The standard InChI is InChI=1S/C21H17N3O2S2/c1-13-22-16(12-28-13)14-4-2-5-15(10-14)23-20(25)21(7-8-21)19-11-17(26-24-19)18-6-3-9-27-18/h2-6,9-12H,7-8H2,1H3,(H,23,25). The van der Waals surface area contributed by atoms with Gasteiger partial charge >= 0.3 is 0 Å². The van der Waals surface area contributed by atoms with Gasteiger partial charge in [0.15, 0.2) is 5.76 Å². The van der Waals surface area contributed by atoms with Gasteiger partial charge in [-0.1, -0.05) is 23.4 Å². The number of carbonyl (C=O) groups is 1. The zero-order valence-corrected chi connectivity index (χ0v) is 16.8. The largest absolute Gasteiger partial charge is 0.355 e. The Labute approximate surface area is 170 Å². The van der Waals surface area contributed by atoms with Gasteiger partial charge in [0.2, 0.25) is 5.91 Å². The SMILES string of the molecule is Cc1nc(-c2cccc(NC(=O)C3(c4cc(-c5cccs5)on4)CC3)c2)cs1. The van der Waals surface area contributed by atoms with Crippen molar-refractivity contribution in [1.29, 1.82) is 0 Å². The molecule has 3 aromatic heterocycles. The van der Waals surface area contributed by atoms with Crippen molar-refractivity contribution in [2.75, 3.05) is 5.32 Å². The molecular formula is C21H17N3O2S2. The minimum atomic E-state index is -0.591. The molecule has 5 nitrogen and oxygen atoms in total. The van der Waals surface area contributed by atoms with Gasteiger partial charge in [0.05, 0.1) is 26.7 Å². The Morgan fingerprint density at radius 3 is 2.79 bits per heavy atom. The Bertz CT molecular complexity index is 1140. The highest BCUT2D eigenvalue weighted by Crippen LogP contribution is 2.49. The van der Waals surface area contributed by atoms with Crippen molar-refractivity contribution < 1.29 is 9.32 Å².